The van der Waals surface area contributed by atoms with Crippen molar-refractivity contribution in [2.45, 2.75) is 31.1 Å². The van der Waals surface area contributed by atoms with E-state index in [-0.39, 0.29) is 23.6 Å². The molecule has 37 heavy (non-hydrogen) atoms. The first-order chi connectivity index (χ1) is 17.9. The van der Waals surface area contributed by atoms with Crippen LogP contribution >= 0.6 is 35.1 Å². The van der Waals surface area contributed by atoms with Crippen LogP contribution in [0.25, 0.3) is 0 Å². The number of methoxy groups -OCH3 is 2. The average molecular weight is 564 g/mol. The van der Waals surface area contributed by atoms with E-state index in [9.17, 15) is 9.59 Å². The molecule has 0 radical (unpaired) electrons. The Balaban J connectivity index is 1.72. The van der Waals surface area contributed by atoms with Crippen molar-refractivity contribution in [3.8, 4) is 11.5 Å². The number of nitrogens with one attached hydrogen (secondary N) is 2. The summed E-state index contributed by atoms with van der Waals surface area (Å²) >= 11 is 9.01. The number of hydrogen-bond acceptors (Lipinski definition) is 8. The van der Waals surface area contributed by atoms with Crippen LogP contribution in [-0.4, -0.2) is 58.6 Å². The molecule has 12 heteroatoms. The van der Waals surface area contributed by atoms with E-state index >= 15 is 0 Å². The molecule has 0 saturated heterocycles. The van der Waals surface area contributed by atoms with Crippen molar-refractivity contribution in [1.29, 1.82) is 0 Å². The molecule has 0 fully saturated rings. The second-order valence-corrected chi connectivity index (χ2v) is 10.2. The van der Waals surface area contributed by atoms with Gasteiger partial charge in [0.15, 0.2) is 11.0 Å². The van der Waals surface area contributed by atoms with Gasteiger partial charge >= 0.3 is 0 Å². The van der Waals surface area contributed by atoms with E-state index < -0.39 is 0 Å². The fourth-order valence-electron chi connectivity index (χ4n) is 3.54. The lowest BCUT2D eigenvalue weighted by molar-refractivity contribution is -0.113. The summed E-state index contributed by atoms with van der Waals surface area (Å²) in [6.45, 7) is 2.56. The number of benzene rings is 2. The molecule has 198 valence electrons. The molecule has 1 aromatic heterocycles. The van der Waals surface area contributed by atoms with Crippen LogP contribution in [0.2, 0.25) is 5.02 Å². The molecule has 2 aromatic carbocycles. The molecule has 3 rings (SSSR count). The number of nitrogens with zero attached hydrogens (tertiary/aromatic N) is 3. The third kappa shape index (κ3) is 7.80. The molecule has 0 unspecified atom stereocenters. The summed E-state index contributed by atoms with van der Waals surface area (Å²) < 4.78 is 12.4. The van der Waals surface area contributed by atoms with E-state index in [1.165, 1.54) is 18.9 Å². The number of anilines is 1. The van der Waals surface area contributed by atoms with Crippen molar-refractivity contribution in [1.82, 2.24) is 20.1 Å². The summed E-state index contributed by atoms with van der Waals surface area (Å²) in [5, 5.41) is 15.7. The van der Waals surface area contributed by atoms with Crippen LogP contribution in [0.4, 0.5) is 5.69 Å². The van der Waals surface area contributed by atoms with Gasteiger partial charge in [0.1, 0.15) is 11.5 Å². The molecule has 0 aliphatic carbocycles. The van der Waals surface area contributed by atoms with Crippen LogP contribution in [-0.2, 0) is 11.3 Å². The number of carbonyl (C=O) groups excluding carboxylic acids is 2. The predicted molar refractivity (Wildman–Crippen MR) is 149 cm³/mol. The fraction of sp³-hybridized carbons (Fsp3) is 0.360. The maximum absolute atomic E-state index is 13.0. The van der Waals surface area contributed by atoms with Gasteiger partial charge in [-0.3, -0.25) is 9.59 Å². The van der Waals surface area contributed by atoms with Crippen molar-refractivity contribution < 1.29 is 19.1 Å². The maximum Gasteiger partial charge on any atom is 0.251 e. The van der Waals surface area contributed by atoms with Crippen LogP contribution in [0.1, 0.15) is 35.6 Å². The van der Waals surface area contributed by atoms with E-state index in [0.717, 1.165) is 5.75 Å². The number of amides is 2. The molecular weight excluding hydrogens is 534 g/mol. The van der Waals surface area contributed by atoms with Crippen LogP contribution < -0.4 is 20.1 Å². The Morgan fingerprint density at radius 3 is 2.51 bits per heavy atom. The molecule has 0 spiro atoms. The highest BCUT2D eigenvalue weighted by Crippen LogP contribution is 2.29. The first-order valence-corrected chi connectivity index (χ1v) is 14.3. The highest BCUT2D eigenvalue weighted by atomic mass is 35.5. The fourth-order valence-corrected chi connectivity index (χ4v) is 4.99. The van der Waals surface area contributed by atoms with Crippen molar-refractivity contribution >= 4 is 52.6 Å². The molecule has 2 N–H and O–H groups in total. The van der Waals surface area contributed by atoms with E-state index in [0.29, 0.717) is 51.7 Å². The number of aromatic nitrogens is 3. The van der Waals surface area contributed by atoms with Gasteiger partial charge in [0.05, 0.1) is 31.7 Å². The van der Waals surface area contributed by atoms with Gasteiger partial charge < -0.3 is 24.7 Å². The smallest absolute Gasteiger partial charge is 0.251 e. The van der Waals surface area contributed by atoms with E-state index in [4.69, 9.17) is 21.1 Å². The third-order valence-electron chi connectivity index (χ3n) is 5.41. The molecule has 1 atom stereocenters. The minimum absolute atomic E-state index is 0.113. The van der Waals surface area contributed by atoms with Crippen LogP contribution in [0.3, 0.4) is 0 Å². The normalized spacial score (nSPS) is 11.6. The number of carbonyl (C=O) groups is 2. The van der Waals surface area contributed by atoms with Crippen molar-refractivity contribution in [3.05, 3.63) is 58.9 Å². The summed E-state index contributed by atoms with van der Waals surface area (Å²) in [4.78, 5) is 25.6. The van der Waals surface area contributed by atoms with E-state index in [1.54, 1.807) is 61.3 Å². The van der Waals surface area contributed by atoms with E-state index in [2.05, 4.69) is 20.8 Å². The number of thioether (sulfide) groups is 2. The van der Waals surface area contributed by atoms with Gasteiger partial charge in [-0.05, 0) is 67.8 Å². The number of rotatable bonds is 13. The maximum atomic E-state index is 13.0. The Morgan fingerprint density at radius 1 is 1.11 bits per heavy atom. The summed E-state index contributed by atoms with van der Waals surface area (Å²) in [6.07, 6.45) is 2.70. The molecular formula is C25H30ClN5O4S2. The zero-order valence-electron chi connectivity index (χ0n) is 21.1. The molecule has 0 bridgehead atoms. The van der Waals surface area contributed by atoms with Crippen molar-refractivity contribution in [3.63, 3.8) is 0 Å². The second kappa shape index (κ2) is 14.2. The molecule has 3 aromatic rings. The molecule has 1 heterocycles. The summed E-state index contributed by atoms with van der Waals surface area (Å²) in [5.74, 6) is 2.36. The molecule has 9 nitrogen and oxygen atoms in total. The quantitative estimate of drug-likeness (QED) is 0.282. The van der Waals surface area contributed by atoms with Crippen molar-refractivity contribution in [2.75, 3.05) is 37.3 Å². The lowest BCUT2D eigenvalue weighted by Gasteiger charge is -2.19. The Hall–Kier alpha value is -2.89. The number of hydrogen-bond donors (Lipinski definition) is 2. The first-order valence-electron chi connectivity index (χ1n) is 11.5. The minimum atomic E-state index is -0.339. The topological polar surface area (TPSA) is 107 Å². The summed E-state index contributed by atoms with van der Waals surface area (Å²) in [6, 6.07) is 11.6. The summed E-state index contributed by atoms with van der Waals surface area (Å²) in [7, 11) is 3.11. The Bertz CT molecular complexity index is 1210. The van der Waals surface area contributed by atoms with Gasteiger partial charge in [-0.15, -0.1) is 10.2 Å². The van der Waals surface area contributed by atoms with Gasteiger partial charge in [0.25, 0.3) is 5.91 Å². The van der Waals surface area contributed by atoms with Gasteiger partial charge in [-0.2, -0.15) is 11.8 Å². The minimum Gasteiger partial charge on any atom is -0.497 e. The Morgan fingerprint density at radius 2 is 1.86 bits per heavy atom. The van der Waals surface area contributed by atoms with Crippen molar-refractivity contribution in [2.24, 2.45) is 0 Å². The summed E-state index contributed by atoms with van der Waals surface area (Å²) in [5.41, 5.74) is 1.02. The molecule has 2 amide bonds. The van der Waals surface area contributed by atoms with Gasteiger partial charge in [-0.1, -0.05) is 23.4 Å². The Labute approximate surface area is 230 Å². The van der Waals surface area contributed by atoms with Crippen LogP contribution in [0.15, 0.2) is 47.6 Å². The highest BCUT2D eigenvalue weighted by molar-refractivity contribution is 7.99. The average Bonchev–Trinajstić information content (AvgIpc) is 3.32. The van der Waals surface area contributed by atoms with Gasteiger partial charge in [-0.25, -0.2) is 0 Å². The Kier molecular flexibility index (Phi) is 11.0. The number of halogens is 1. The standard InChI is InChI=1S/C25H30ClN5O4S2/c1-5-31-23(19(12-13-36-4)28-24(33)16-6-9-18(34-2)10-7-16)29-30-25(31)37-15-22(32)27-20-14-17(26)8-11-21(20)35-3/h6-11,14,19H,5,12-13,15H2,1-4H3,(H,27,32)(H,28,33)/t19-/m0/s1. The van der Waals surface area contributed by atoms with Gasteiger partial charge in [0, 0.05) is 17.1 Å². The number of ether oxygens (including phenoxy) is 2. The SMILES string of the molecule is CCn1c(SCC(=O)Nc2cc(Cl)ccc2OC)nnc1[C@H](CCSC)NC(=O)c1ccc(OC)cc1. The first kappa shape index (κ1) is 28.7. The highest BCUT2D eigenvalue weighted by Gasteiger charge is 2.23. The lowest BCUT2D eigenvalue weighted by Crippen LogP contribution is -2.31. The molecule has 0 aliphatic heterocycles. The van der Waals surface area contributed by atoms with E-state index in [1.807, 2.05) is 17.7 Å². The molecule has 0 saturated carbocycles. The second-order valence-electron chi connectivity index (χ2n) is 7.80. The third-order valence-corrected chi connectivity index (χ3v) is 7.26. The van der Waals surface area contributed by atoms with Crippen LogP contribution in [0.5, 0.6) is 11.5 Å². The predicted octanol–water partition coefficient (Wildman–Crippen LogP) is 4.92. The lowest BCUT2D eigenvalue weighted by atomic mass is 10.1. The zero-order valence-corrected chi connectivity index (χ0v) is 23.5. The molecule has 0 aliphatic rings. The van der Waals surface area contributed by atoms with Gasteiger partial charge in [0.2, 0.25) is 5.91 Å². The monoisotopic (exact) mass is 563 g/mol. The largest absolute Gasteiger partial charge is 0.497 e. The van der Waals surface area contributed by atoms with Crippen LogP contribution in [0, 0.1) is 0 Å². The zero-order chi connectivity index (χ0) is 26.8.